The molecule has 0 aliphatic carbocycles. The molecule has 0 unspecified atom stereocenters. The van der Waals surface area contributed by atoms with Crippen molar-refractivity contribution in [1.29, 1.82) is 0 Å². The standard InChI is InChI=1S/C11H11F2NO2/c12-10(13)11(15)14-5-6-16-9-4-2-1-3-8(9)7-14/h1-4,10H,5-7H2. The number of alkyl halides is 2. The average Bonchev–Trinajstić information content (AvgIpc) is 2.49. The van der Waals surface area contributed by atoms with Gasteiger partial charge in [0.2, 0.25) is 0 Å². The third kappa shape index (κ3) is 2.13. The summed E-state index contributed by atoms with van der Waals surface area (Å²) in [5.41, 5.74) is 0.758. The Hall–Kier alpha value is -1.65. The van der Waals surface area contributed by atoms with Crippen LogP contribution in [0.3, 0.4) is 0 Å². The maximum Gasteiger partial charge on any atom is 0.315 e. The van der Waals surface area contributed by atoms with E-state index in [4.69, 9.17) is 4.74 Å². The van der Waals surface area contributed by atoms with Crippen molar-refractivity contribution in [3.8, 4) is 5.75 Å². The lowest BCUT2D eigenvalue weighted by Gasteiger charge is -2.18. The Bertz CT molecular complexity index is 395. The van der Waals surface area contributed by atoms with Gasteiger partial charge in [-0.25, -0.2) is 0 Å². The van der Waals surface area contributed by atoms with Crippen molar-refractivity contribution in [1.82, 2.24) is 4.90 Å². The molecule has 0 aromatic heterocycles. The molecular formula is C11H11F2NO2. The van der Waals surface area contributed by atoms with Crippen LogP contribution in [0.4, 0.5) is 8.78 Å². The summed E-state index contributed by atoms with van der Waals surface area (Å²) in [4.78, 5) is 12.3. The van der Waals surface area contributed by atoms with E-state index in [1.54, 1.807) is 18.2 Å². The fourth-order valence-electron chi connectivity index (χ4n) is 1.65. The zero-order valence-corrected chi connectivity index (χ0v) is 8.53. The quantitative estimate of drug-likeness (QED) is 0.730. The van der Waals surface area contributed by atoms with Gasteiger partial charge in [-0.15, -0.1) is 0 Å². The highest BCUT2D eigenvalue weighted by molar-refractivity contribution is 5.79. The number of benzene rings is 1. The second kappa shape index (κ2) is 4.47. The Labute approximate surface area is 91.6 Å². The van der Waals surface area contributed by atoms with Crippen LogP contribution in [0.15, 0.2) is 24.3 Å². The zero-order chi connectivity index (χ0) is 11.5. The highest BCUT2D eigenvalue weighted by atomic mass is 19.3. The Morgan fingerprint density at radius 2 is 2.12 bits per heavy atom. The molecule has 1 aromatic carbocycles. The Morgan fingerprint density at radius 3 is 2.88 bits per heavy atom. The van der Waals surface area contributed by atoms with Gasteiger partial charge in [0.1, 0.15) is 12.4 Å². The van der Waals surface area contributed by atoms with Crippen LogP contribution in [0.2, 0.25) is 0 Å². The molecule has 0 saturated carbocycles. The summed E-state index contributed by atoms with van der Waals surface area (Å²) in [5.74, 6) is -0.479. The predicted octanol–water partition coefficient (Wildman–Crippen LogP) is 1.67. The van der Waals surface area contributed by atoms with Gasteiger partial charge < -0.3 is 9.64 Å². The van der Waals surface area contributed by atoms with Gasteiger partial charge in [0.05, 0.1) is 6.54 Å². The number of nitrogens with zero attached hydrogens (tertiary/aromatic N) is 1. The monoisotopic (exact) mass is 227 g/mol. The van der Waals surface area contributed by atoms with Crippen LogP contribution in [0.5, 0.6) is 5.75 Å². The molecule has 0 saturated heterocycles. The van der Waals surface area contributed by atoms with Crippen LogP contribution in [-0.2, 0) is 11.3 Å². The summed E-state index contributed by atoms with van der Waals surface area (Å²) in [6.07, 6.45) is -2.95. The number of carbonyl (C=O) groups is 1. The Morgan fingerprint density at radius 1 is 1.38 bits per heavy atom. The molecule has 0 radical (unpaired) electrons. The molecule has 1 aromatic rings. The number of hydrogen-bond donors (Lipinski definition) is 0. The first-order chi connectivity index (χ1) is 7.68. The van der Waals surface area contributed by atoms with Crippen molar-refractivity contribution in [2.75, 3.05) is 13.2 Å². The molecule has 16 heavy (non-hydrogen) atoms. The first kappa shape index (κ1) is 10.9. The number of carbonyl (C=O) groups excluding carboxylic acids is 1. The van der Waals surface area contributed by atoms with Crippen molar-refractivity contribution < 1.29 is 18.3 Å². The molecule has 0 N–H and O–H groups in total. The van der Waals surface area contributed by atoms with E-state index in [0.717, 1.165) is 10.5 Å². The smallest absolute Gasteiger partial charge is 0.315 e. The third-order valence-electron chi connectivity index (χ3n) is 2.45. The van der Waals surface area contributed by atoms with Crippen molar-refractivity contribution >= 4 is 5.91 Å². The van der Waals surface area contributed by atoms with E-state index in [-0.39, 0.29) is 19.7 Å². The van der Waals surface area contributed by atoms with Gasteiger partial charge in [-0.3, -0.25) is 4.79 Å². The largest absolute Gasteiger partial charge is 0.491 e. The van der Waals surface area contributed by atoms with Crippen molar-refractivity contribution in [3.05, 3.63) is 29.8 Å². The number of hydrogen-bond acceptors (Lipinski definition) is 2. The van der Waals surface area contributed by atoms with Gasteiger partial charge in [-0.05, 0) is 6.07 Å². The fourth-order valence-corrected chi connectivity index (χ4v) is 1.65. The number of para-hydroxylation sites is 1. The molecule has 86 valence electrons. The molecule has 0 bridgehead atoms. The number of amides is 1. The first-order valence-corrected chi connectivity index (χ1v) is 4.96. The minimum Gasteiger partial charge on any atom is -0.491 e. The Balaban J connectivity index is 2.20. The summed E-state index contributed by atoms with van der Waals surface area (Å²) in [6, 6.07) is 7.14. The predicted molar refractivity (Wildman–Crippen MR) is 53.4 cm³/mol. The Kier molecular flexibility index (Phi) is 3.03. The van der Waals surface area contributed by atoms with Gasteiger partial charge in [0, 0.05) is 12.1 Å². The SMILES string of the molecule is O=C(C(F)F)N1CCOc2ccccc2C1. The van der Waals surface area contributed by atoms with E-state index >= 15 is 0 Å². The molecule has 1 heterocycles. The third-order valence-corrected chi connectivity index (χ3v) is 2.45. The van der Waals surface area contributed by atoms with E-state index in [0.29, 0.717) is 5.75 Å². The maximum atomic E-state index is 12.3. The lowest BCUT2D eigenvalue weighted by atomic mass is 10.2. The van der Waals surface area contributed by atoms with Gasteiger partial charge in [-0.1, -0.05) is 18.2 Å². The topological polar surface area (TPSA) is 29.5 Å². The van der Waals surface area contributed by atoms with E-state index in [1.165, 1.54) is 0 Å². The average molecular weight is 227 g/mol. The molecule has 1 aliphatic heterocycles. The van der Waals surface area contributed by atoms with Gasteiger partial charge in [0.25, 0.3) is 5.91 Å². The number of fused-ring (bicyclic) bond motifs is 1. The minimum absolute atomic E-state index is 0.180. The van der Waals surface area contributed by atoms with Crippen LogP contribution in [0, 0.1) is 0 Å². The number of ether oxygens (including phenoxy) is 1. The van der Waals surface area contributed by atoms with Crippen LogP contribution in [-0.4, -0.2) is 30.4 Å². The molecule has 2 rings (SSSR count). The summed E-state index contributed by atoms with van der Waals surface area (Å²) in [6.45, 7) is 0.618. The summed E-state index contributed by atoms with van der Waals surface area (Å²) in [5, 5.41) is 0. The van der Waals surface area contributed by atoms with E-state index in [9.17, 15) is 13.6 Å². The molecular weight excluding hydrogens is 216 g/mol. The van der Waals surface area contributed by atoms with Crippen molar-refractivity contribution in [3.63, 3.8) is 0 Å². The van der Waals surface area contributed by atoms with Crippen LogP contribution in [0.1, 0.15) is 5.56 Å². The highest BCUT2D eigenvalue weighted by Crippen LogP contribution is 2.22. The van der Waals surface area contributed by atoms with Crippen LogP contribution < -0.4 is 4.74 Å². The molecule has 0 fully saturated rings. The van der Waals surface area contributed by atoms with Crippen molar-refractivity contribution in [2.45, 2.75) is 13.0 Å². The molecule has 0 atom stereocenters. The van der Waals surface area contributed by atoms with E-state index in [2.05, 4.69) is 0 Å². The van der Waals surface area contributed by atoms with Gasteiger partial charge in [-0.2, -0.15) is 8.78 Å². The zero-order valence-electron chi connectivity index (χ0n) is 8.53. The molecule has 0 spiro atoms. The summed E-state index contributed by atoms with van der Waals surface area (Å²) < 4.78 is 29.9. The van der Waals surface area contributed by atoms with Crippen molar-refractivity contribution in [2.24, 2.45) is 0 Å². The van der Waals surface area contributed by atoms with Gasteiger partial charge >= 0.3 is 6.43 Å². The summed E-state index contributed by atoms with van der Waals surface area (Å²) >= 11 is 0. The normalized spacial score (nSPS) is 15.3. The lowest BCUT2D eigenvalue weighted by Crippen LogP contribution is -2.36. The molecule has 5 heteroatoms. The molecule has 1 amide bonds. The first-order valence-electron chi connectivity index (χ1n) is 4.96. The fraction of sp³-hybridized carbons (Fsp3) is 0.364. The molecule has 1 aliphatic rings. The van der Waals surface area contributed by atoms with Gasteiger partial charge in [0.15, 0.2) is 0 Å². The highest BCUT2D eigenvalue weighted by Gasteiger charge is 2.25. The second-order valence-electron chi connectivity index (χ2n) is 3.52. The van der Waals surface area contributed by atoms with E-state index in [1.807, 2.05) is 6.07 Å². The minimum atomic E-state index is -2.95. The van der Waals surface area contributed by atoms with Crippen LogP contribution in [0.25, 0.3) is 0 Å². The summed E-state index contributed by atoms with van der Waals surface area (Å²) in [7, 11) is 0. The van der Waals surface area contributed by atoms with Crippen LogP contribution >= 0.6 is 0 Å². The lowest BCUT2D eigenvalue weighted by molar-refractivity contribution is -0.143. The number of rotatable bonds is 1. The second-order valence-corrected chi connectivity index (χ2v) is 3.52. The number of halogens is 2. The maximum absolute atomic E-state index is 12.3. The molecule has 3 nitrogen and oxygen atoms in total. The van der Waals surface area contributed by atoms with E-state index < -0.39 is 12.3 Å².